The number of fused-ring (bicyclic) bond motifs is 1. The van der Waals surface area contributed by atoms with E-state index in [0.717, 1.165) is 29.8 Å². The van der Waals surface area contributed by atoms with Crippen LogP contribution in [0.25, 0.3) is 0 Å². The molecule has 0 atom stereocenters. The predicted octanol–water partition coefficient (Wildman–Crippen LogP) is 1.13. The average molecular weight is 397 g/mol. The van der Waals surface area contributed by atoms with Crippen molar-refractivity contribution in [3.8, 4) is 11.5 Å². The van der Waals surface area contributed by atoms with Gasteiger partial charge in [-0.25, -0.2) is 0 Å². The SMILES string of the molecule is COc1ccc(CN(CCO)C(=O)c2n[nH]c3c2CNCC3)c(OC)c1.Cl. The fraction of sp³-hybridized carbons (Fsp3) is 0.444. The highest BCUT2D eigenvalue weighted by atomic mass is 35.5. The molecule has 2 aromatic rings. The lowest BCUT2D eigenvalue weighted by Gasteiger charge is -2.23. The maximum Gasteiger partial charge on any atom is 0.275 e. The smallest absolute Gasteiger partial charge is 0.275 e. The summed E-state index contributed by atoms with van der Waals surface area (Å²) in [6.45, 7) is 1.87. The Morgan fingerprint density at radius 2 is 2.15 bits per heavy atom. The minimum atomic E-state index is -0.210. The van der Waals surface area contributed by atoms with Crippen molar-refractivity contribution in [2.75, 3.05) is 33.9 Å². The second kappa shape index (κ2) is 9.59. The Morgan fingerprint density at radius 3 is 2.85 bits per heavy atom. The van der Waals surface area contributed by atoms with E-state index in [9.17, 15) is 9.90 Å². The van der Waals surface area contributed by atoms with E-state index in [1.807, 2.05) is 12.1 Å². The normalized spacial score (nSPS) is 12.7. The molecule has 0 fully saturated rings. The van der Waals surface area contributed by atoms with E-state index in [-0.39, 0.29) is 31.5 Å². The standard InChI is InChI=1S/C18H24N4O4.ClH/c1-25-13-4-3-12(16(9-13)26-2)11-22(7-8-23)18(24)17-14-10-19-6-5-15(14)20-21-17;/h3-4,9,19,23H,5-8,10-11H2,1-2H3,(H,20,21);1H. The van der Waals surface area contributed by atoms with E-state index in [1.54, 1.807) is 25.2 Å². The van der Waals surface area contributed by atoms with Crippen LogP contribution in [0.1, 0.15) is 27.3 Å². The van der Waals surface area contributed by atoms with Crippen LogP contribution in [-0.2, 0) is 19.5 Å². The topological polar surface area (TPSA) is 99.7 Å². The number of carbonyl (C=O) groups is 1. The van der Waals surface area contributed by atoms with E-state index < -0.39 is 0 Å². The number of H-pyrrole nitrogens is 1. The number of methoxy groups -OCH3 is 2. The van der Waals surface area contributed by atoms with Gasteiger partial charge in [-0.1, -0.05) is 0 Å². The van der Waals surface area contributed by atoms with E-state index in [0.29, 0.717) is 30.3 Å². The lowest BCUT2D eigenvalue weighted by atomic mass is 10.1. The Hall–Kier alpha value is -2.29. The summed E-state index contributed by atoms with van der Waals surface area (Å²) >= 11 is 0. The Kier molecular flexibility index (Phi) is 7.46. The van der Waals surface area contributed by atoms with Crippen molar-refractivity contribution in [2.24, 2.45) is 0 Å². The molecule has 1 aromatic heterocycles. The summed E-state index contributed by atoms with van der Waals surface area (Å²) in [6.07, 6.45) is 0.821. The molecule has 1 amide bonds. The lowest BCUT2D eigenvalue weighted by molar-refractivity contribution is 0.0699. The van der Waals surface area contributed by atoms with Crippen LogP contribution in [0.3, 0.4) is 0 Å². The second-order valence-corrected chi connectivity index (χ2v) is 6.08. The summed E-state index contributed by atoms with van der Waals surface area (Å²) in [5, 5.41) is 19.9. The first kappa shape index (κ1) is 21.0. The van der Waals surface area contributed by atoms with Gasteiger partial charge >= 0.3 is 0 Å². The molecule has 2 heterocycles. The number of carbonyl (C=O) groups excluding carboxylic acids is 1. The Morgan fingerprint density at radius 1 is 1.33 bits per heavy atom. The third-order valence-electron chi connectivity index (χ3n) is 4.52. The molecule has 1 aromatic carbocycles. The molecule has 148 valence electrons. The maximum atomic E-state index is 13.0. The highest BCUT2D eigenvalue weighted by Crippen LogP contribution is 2.26. The Bertz CT molecular complexity index is 781. The van der Waals surface area contributed by atoms with Gasteiger partial charge in [-0.3, -0.25) is 9.89 Å². The van der Waals surface area contributed by atoms with Crippen molar-refractivity contribution in [3.63, 3.8) is 0 Å². The molecule has 0 saturated heterocycles. The van der Waals surface area contributed by atoms with Crippen molar-refractivity contribution in [3.05, 3.63) is 40.7 Å². The molecule has 0 spiro atoms. The summed E-state index contributed by atoms with van der Waals surface area (Å²) in [4.78, 5) is 14.6. The second-order valence-electron chi connectivity index (χ2n) is 6.08. The van der Waals surface area contributed by atoms with Gasteiger partial charge in [0.2, 0.25) is 0 Å². The van der Waals surface area contributed by atoms with Gasteiger partial charge in [-0.15, -0.1) is 12.4 Å². The molecule has 0 aliphatic carbocycles. The van der Waals surface area contributed by atoms with Crippen LogP contribution in [-0.4, -0.2) is 60.0 Å². The summed E-state index contributed by atoms with van der Waals surface area (Å²) in [5.74, 6) is 1.10. The molecule has 27 heavy (non-hydrogen) atoms. The van der Waals surface area contributed by atoms with Crippen LogP contribution in [0.15, 0.2) is 18.2 Å². The Balaban J connectivity index is 0.00000261. The van der Waals surface area contributed by atoms with Gasteiger partial charge in [-0.05, 0) is 12.1 Å². The van der Waals surface area contributed by atoms with Crippen molar-refractivity contribution in [1.29, 1.82) is 0 Å². The maximum absolute atomic E-state index is 13.0. The predicted molar refractivity (Wildman–Crippen MR) is 103 cm³/mol. The highest BCUT2D eigenvalue weighted by Gasteiger charge is 2.26. The first-order valence-electron chi connectivity index (χ1n) is 8.55. The molecular weight excluding hydrogens is 372 g/mol. The van der Waals surface area contributed by atoms with E-state index in [4.69, 9.17) is 9.47 Å². The molecule has 0 unspecified atom stereocenters. The van der Waals surface area contributed by atoms with Gasteiger partial charge in [-0.2, -0.15) is 5.10 Å². The fourth-order valence-corrected chi connectivity index (χ4v) is 3.11. The number of hydrogen-bond acceptors (Lipinski definition) is 6. The number of hydrogen-bond donors (Lipinski definition) is 3. The molecule has 0 bridgehead atoms. The van der Waals surface area contributed by atoms with Crippen LogP contribution >= 0.6 is 12.4 Å². The summed E-state index contributed by atoms with van der Waals surface area (Å²) in [6, 6.07) is 5.45. The number of aromatic nitrogens is 2. The van der Waals surface area contributed by atoms with Crippen LogP contribution in [0.5, 0.6) is 11.5 Å². The molecular formula is C18H25ClN4O4. The lowest BCUT2D eigenvalue weighted by Crippen LogP contribution is -2.35. The third kappa shape index (κ3) is 4.52. The zero-order chi connectivity index (χ0) is 18.5. The molecule has 3 N–H and O–H groups in total. The number of nitrogens with one attached hydrogen (secondary N) is 2. The quantitative estimate of drug-likeness (QED) is 0.648. The first-order valence-corrected chi connectivity index (χ1v) is 8.55. The molecule has 1 aliphatic heterocycles. The van der Waals surface area contributed by atoms with E-state index >= 15 is 0 Å². The summed E-state index contributed by atoms with van der Waals surface area (Å²) in [5.41, 5.74) is 3.15. The number of aromatic amines is 1. The fourth-order valence-electron chi connectivity index (χ4n) is 3.11. The van der Waals surface area contributed by atoms with Crippen molar-refractivity contribution in [2.45, 2.75) is 19.5 Å². The zero-order valence-corrected chi connectivity index (χ0v) is 16.3. The molecule has 0 saturated carbocycles. The van der Waals surface area contributed by atoms with Gasteiger partial charge in [0.25, 0.3) is 5.91 Å². The number of aliphatic hydroxyl groups is 1. The number of aliphatic hydroxyl groups excluding tert-OH is 1. The third-order valence-corrected chi connectivity index (χ3v) is 4.52. The molecule has 1 aliphatic rings. The van der Waals surface area contributed by atoms with Gasteiger partial charge < -0.3 is 24.8 Å². The van der Waals surface area contributed by atoms with Gasteiger partial charge in [0.15, 0.2) is 5.69 Å². The van der Waals surface area contributed by atoms with Crippen LogP contribution < -0.4 is 14.8 Å². The molecule has 8 nitrogen and oxygen atoms in total. The van der Waals surface area contributed by atoms with Crippen LogP contribution in [0.2, 0.25) is 0 Å². The van der Waals surface area contributed by atoms with Gasteiger partial charge in [0.05, 0.1) is 20.8 Å². The van der Waals surface area contributed by atoms with Crippen LogP contribution in [0, 0.1) is 0 Å². The highest BCUT2D eigenvalue weighted by molar-refractivity contribution is 5.94. The average Bonchev–Trinajstić information content (AvgIpc) is 3.11. The number of ether oxygens (including phenoxy) is 2. The number of rotatable bonds is 7. The minimum absolute atomic E-state index is 0. The van der Waals surface area contributed by atoms with Crippen molar-refractivity contribution >= 4 is 18.3 Å². The van der Waals surface area contributed by atoms with Crippen LogP contribution in [0.4, 0.5) is 0 Å². The van der Waals surface area contributed by atoms with Crippen molar-refractivity contribution in [1.82, 2.24) is 20.4 Å². The summed E-state index contributed by atoms with van der Waals surface area (Å²) < 4.78 is 10.6. The number of halogens is 1. The number of amides is 1. The molecule has 9 heteroatoms. The monoisotopic (exact) mass is 396 g/mol. The van der Waals surface area contributed by atoms with Gasteiger partial charge in [0, 0.05) is 55.5 Å². The Labute approximate surface area is 164 Å². The van der Waals surface area contributed by atoms with Gasteiger partial charge in [0.1, 0.15) is 11.5 Å². The minimum Gasteiger partial charge on any atom is -0.497 e. The first-order chi connectivity index (χ1) is 12.7. The van der Waals surface area contributed by atoms with E-state index in [2.05, 4.69) is 15.5 Å². The molecule has 0 radical (unpaired) electrons. The number of nitrogens with zero attached hydrogens (tertiary/aromatic N) is 2. The zero-order valence-electron chi connectivity index (χ0n) is 15.4. The largest absolute Gasteiger partial charge is 0.497 e. The van der Waals surface area contributed by atoms with E-state index in [1.165, 1.54) is 0 Å². The summed E-state index contributed by atoms with van der Waals surface area (Å²) in [7, 11) is 3.16. The van der Waals surface area contributed by atoms with Crippen molar-refractivity contribution < 1.29 is 19.4 Å². The number of benzene rings is 1. The molecule has 3 rings (SSSR count).